The van der Waals surface area contributed by atoms with Crippen LogP contribution >= 0.6 is 0 Å². The van der Waals surface area contributed by atoms with Crippen LogP contribution in [-0.4, -0.2) is 92.3 Å². The summed E-state index contributed by atoms with van der Waals surface area (Å²) in [6.45, 7) is -2.18. The number of benzene rings is 1. The SMILES string of the molecule is O=C1NC(C2CCCCC2)=NC12CCN(S(=O)(=O)C=Cc1ccc(S(=O)(=O)N(CCO)CCO)cc1C(F)(F)F)CC2. The first-order valence-electron chi connectivity index (χ1n) is 13.8. The van der Waals surface area contributed by atoms with Crippen molar-refractivity contribution < 1.29 is 45.0 Å². The van der Waals surface area contributed by atoms with E-state index in [1.807, 2.05) is 0 Å². The number of aliphatic imine (C=N–C) groups is 1. The third-order valence-electron chi connectivity index (χ3n) is 7.99. The van der Waals surface area contributed by atoms with Crippen LogP contribution < -0.4 is 5.32 Å². The average molecular weight is 637 g/mol. The van der Waals surface area contributed by atoms with Gasteiger partial charge in [0.2, 0.25) is 20.0 Å². The van der Waals surface area contributed by atoms with Crippen LogP contribution in [0.1, 0.15) is 56.1 Å². The highest BCUT2D eigenvalue weighted by Crippen LogP contribution is 2.37. The van der Waals surface area contributed by atoms with Gasteiger partial charge in [-0.3, -0.25) is 9.79 Å². The van der Waals surface area contributed by atoms with Crippen LogP contribution in [0.25, 0.3) is 6.08 Å². The van der Waals surface area contributed by atoms with Gasteiger partial charge in [0.1, 0.15) is 11.4 Å². The standard InChI is InChI=1S/C26H35F3N4O7S2/c27-26(28,29)22-18-21(42(39,40)33(13-15-34)14-16-35)7-6-19(22)8-17-41(37,38)32-11-9-25(10-12-32)24(36)30-23(31-25)20-4-2-1-3-5-20/h6-8,17-18,20,34-35H,1-5,9-16H2,(H,30,31,36). The molecule has 11 nitrogen and oxygen atoms in total. The zero-order chi connectivity index (χ0) is 30.8. The molecule has 1 amide bonds. The van der Waals surface area contributed by atoms with Crippen molar-refractivity contribution in [2.24, 2.45) is 10.9 Å². The third-order valence-corrected chi connectivity index (χ3v) is 11.4. The summed E-state index contributed by atoms with van der Waals surface area (Å²) in [5.41, 5.74) is -2.98. The number of carbonyl (C=O) groups is 1. The van der Waals surface area contributed by atoms with Gasteiger partial charge in [0.25, 0.3) is 5.91 Å². The predicted molar refractivity (Wildman–Crippen MR) is 148 cm³/mol. The Morgan fingerprint density at radius 2 is 1.67 bits per heavy atom. The first-order chi connectivity index (χ1) is 19.7. The Bertz CT molecular complexity index is 1430. The molecule has 1 spiro atoms. The number of hydrogen-bond acceptors (Lipinski definition) is 8. The molecule has 1 saturated heterocycles. The van der Waals surface area contributed by atoms with Gasteiger partial charge in [-0.2, -0.15) is 21.8 Å². The Morgan fingerprint density at radius 1 is 1.05 bits per heavy atom. The Hall–Kier alpha value is -2.37. The fourth-order valence-corrected chi connectivity index (χ4v) is 8.25. The summed E-state index contributed by atoms with van der Waals surface area (Å²) in [4.78, 5) is 16.8. The molecule has 2 aliphatic heterocycles. The topological polar surface area (TPSA) is 157 Å². The van der Waals surface area contributed by atoms with E-state index in [1.165, 1.54) is 0 Å². The van der Waals surface area contributed by atoms with Crippen molar-refractivity contribution in [1.82, 2.24) is 13.9 Å². The molecule has 3 aliphatic rings. The number of carbonyl (C=O) groups excluding carboxylic acids is 1. The van der Waals surface area contributed by atoms with Gasteiger partial charge in [-0.15, -0.1) is 0 Å². The van der Waals surface area contributed by atoms with Crippen molar-refractivity contribution in [3.8, 4) is 0 Å². The van der Waals surface area contributed by atoms with E-state index in [4.69, 9.17) is 15.2 Å². The summed E-state index contributed by atoms with van der Waals surface area (Å²) < 4.78 is 95.3. The molecule has 1 aromatic carbocycles. The number of sulfonamides is 2. The summed E-state index contributed by atoms with van der Waals surface area (Å²) in [5, 5.41) is 21.8. The molecule has 0 atom stereocenters. The van der Waals surface area contributed by atoms with Crippen LogP contribution in [0.4, 0.5) is 13.2 Å². The van der Waals surface area contributed by atoms with Crippen LogP contribution in [0.5, 0.6) is 0 Å². The summed E-state index contributed by atoms with van der Waals surface area (Å²) in [6.07, 6.45) is 1.17. The molecule has 0 aromatic heterocycles. The molecule has 0 unspecified atom stereocenters. The van der Waals surface area contributed by atoms with Crippen molar-refractivity contribution in [3.05, 3.63) is 34.7 Å². The second-order valence-electron chi connectivity index (χ2n) is 10.7. The lowest BCUT2D eigenvalue weighted by Crippen LogP contribution is -2.50. The molecular formula is C26H35F3N4O7S2. The van der Waals surface area contributed by atoms with Crippen molar-refractivity contribution in [2.75, 3.05) is 39.4 Å². The van der Waals surface area contributed by atoms with Gasteiger partial charge in [-0.05, 0) is 49.5 Å². The normalized spacial score (nSPS) is 20.9. The van der Waals surface area contributed by atoms with E-state index in [-0.39, 0.29) is 37.8 Å². The predicted octanol–water partition coefficient (Wildman–Crippen LogP) is 1.92. The van der Waals surface area contributed by atoms with Gasteiger partial charge in [-0.25, -0.2) is 16.8 Å². The Kier molecular flexibility index (Phi) is 9.84. The lowest BCUT2D eigenvalue weighted by molar-refractivity contribution is -0.137. The second kappa shape index (κ2) is 12.7. The molecule has 0 radical (unpaired) electrons. The molecule has 2 heterocycles. The highest BCUT2D eigenvalue weighted by atomic mass is 32.2. The fourth-order valence-electron chi connectivity index (χ4n) is 5.62. The van der Waals surface area contributed by atoms with Crippen LogP contribution in [0.3, 0.4) is 0 Å². The van der Waals surface area contributed by atoms with E-state index in [1.54, 1.807) is 0 Å². The number of nitrogens with zero attached hydrogens (tertiary/aromatic N) is 3. The highest BCUT2D eigenvalue weighted by molar-refractivity contribution is 7.92. The largest absolute Gasteiger partial charge is 0.417 e. The highest BCUT2D eigenvalue weighted by Gasteiger charge is 2.48. The molecule has 1 aliphatic carbocycles. The van der Waals surface area contributed by atoms with Crippen molar-refractivity contribution >= 4 is 37.9 Å². The molecule has 4 rings (SSSR count). The van der Waals surface area contributed by atoms with Crippen LogP contribution in [-0.2, 0) is 31.0 Å². The first-order valence-corrected chi connectivity index (χ1v) is 16.7. The van der Waals surface area contributed by atoms with Crippen molar-refractivity contribution in [2.45, 2.75) is 61.6 Å². The number of amides is 1. The van der Waals surface area contributed by atoms with E-state index in [0.717, 1.165) is 54.6 Å². The summed E-state index contributed by atoms with van der Waals surface area (Å²) in [5.74, 6) is 0.595. The molecule has 234 valence electrons. The van der Waals surface area contributed by atoms with Crippen molar-refractivity contribution in [3.63, 3.8) is 0 Å². The van der Waals surface area contributed by atoms with Gasteiger partial charge >= 0.3 is 6.18 Å². The fraction of sp³-hybridized carbons (Fsp3) is 0.615. The third kappa shape index (κ3) is 6.89. The molecule has 2 fully saturated rings. The zero-order valence-electron chi connectivity index (χ0n) is 22.9. The molecule has 3 N–H and O–H groups in total. The van der Waals surface area contributed by atoms with Gasteiger partial charge in [0, 0.05) is 37.5 Å². The number of aliphatic hydroxyl groups excluding tert-OH is 2. The van der Waals surface area contributed by atoms with E-state index in [9.17, 15) is 34.8 Å². The molecule has 16 heteroatoms. The van der Waals surface area contributed by atoms with Crippen LogP contribution in [0.2, 0.25) is 0 Å². The Morgan fingerprint density at radius 3 is 2.24 bits per heavy atom. The lowest BCUT2D eigenvalue weighted by Gasteiger charge is -2.34. The molecule has 42 heavy (non-hydrogen) atoms. The van der Waals surface area contributed by atoms with Gasteiger partial charge in [0.05, 0.1) is 23.7 Å². The molecule has 0 bridgehead atoms. The summed E-state index contributed by atoms with van der Waals surface area (Å²) >= 11 is 0. The minimum Gasteiger partial charge on any atom is -0.395 e. The minimum absolute atomic E-state index is 0.0452. The monoisotopic (exact) mass is 636 g/mol. The van der Waals surface area contributed by atoms with E-state index < -0.39 is 74.1 Å². The molecule has 1 aromatic rings. The van der Waals surface area contributed by atoms with Gasteiger partial charge in [-0.1, -0.05) is 25.3 Å². The number of rotatable bonds is 10. The van der Waals surface area contributed by atoms with Gasteiger partial charge in [0.15, 0.2) is 0 Å². The Balaban J connectivity index is 1.52. The maximum absolute atomic E-state index is 13.9. The first kappa shape index (κ1) is 32.5. The number of hydrogen-bond donors (Lipinski definition) is 3. The van der Waals surface area contributed by atoms with E-state index in [2.05, 4.69) is 5.32 Å². The van der Waals surface area contributed by atoms with E-state index >= 15 is 0 Å². The quantitative estimate of drug-likeness (QED) is 0.354. The lowest BCUT2D eigenvalue weighted by atomic mass is 9.88. The molecule has 1 saturated carbocycles. The van der Waals surface area contributed by atoms with Crippen molar-refractivity contribution in [1.29, 1.82) is 0 Å². The number of halogens is 3. The van der Waals surface area contributed by atoms with Gasteiger partial charge < -0.3 is 15.5 Å². The molecular weight excluding hydrogens is 601 g/mol. The smallest absolute Gasteiger partial charge is 0.395 e. The average Bonchev–Trinajstić information content (AvgIpc) is 3.27. The second-order valence-corrected chi connectivity index (χ2v) is 14.4. The van der Waals surface area contributed by atoms with Crippen LogP contribution in [0, 0.1) is 5.92 Å². The van der Waals surface area contributed by atoms with E-state index in [0.29, 0.717) is 21.6 Å². The number of alkyl halides is 3. The van der Waals surface area contributed by atoms with Crippen LogP contribution in [0.15, 0.2) is 33.5 Å². The number of piperidine rings is 1. The minimum atomic E-state index is -5.02. The number of amidine groups is 1. The Labute approximate surface area is 243 Å². The maximum atomic E-state index is 13.9. The summed E-state index contributed by atoms with van der Waals surface area (Å²) in [7, 11) is -8.68. The zero-order valence-corrected chi connectivity index (χ0v) is 24.5. The number of aliphatic hydroxyl groups is 2. The maximum Gasteiger partial charge on any atom is 0.417 e. The number of nitrogens with one attached hydrogen (secondary N) is 1. The summed E-state index contributed by atoms with van der Waals surface area (Å²) in [6, 6.07) is 2.16.